The number of anilines is 1. The van der Waals surface area contributed by atoms with Crippen molar-refractivity contribution in [3.63, 3.8) is 0 Å². The Labute approximate surface area is 210 Å². The Bertz CT molecular complexity index is 1090. The van der Waals surface area contributed by atoms with Crippen molar-refractivity contribution in [3.05, 3.63) is 59.2 Å². The van der Waals surface area contributed by atoms with Crippen LogP contribution in [0.5, 0.6) is 0 Å². The van der Waals surface area contributed by atoms with Gasteiger partial charge in [-0.15, -0.1) is 11.8 Å². The molecule has 35 heavy (non-hydrogen) atoms. The molecule has 3 aliphatic heterocycles. The number of carbonyl (C=O) groups excluding carboxylic acids is 2. The van der Waals surface area contributed by atoms with E-state index in [2.05, 4.69) is 35.1 Å². The van der Waals surface area contributed by atoms with Gasteiger partial charge in [0.15, 0.2) is 0 Å². The highest BCUT2D eigenvalue weighted by atomic mass is 32.2. The van der Waals surface area contributed by atoms with Gasteiger partial charge in [-0.05, 0) is 48.8 Å². The number of hydrogen-bond donors (Lipinski definition) is 3. The molecule has 0 aromatic heterocycles. The molecule has 2 aromatic carbocycles. The van der Waals surface area contributed by atoms with Crippen molar-refractivity contribution < 1.29 is 19.4 Å². The quantitative estimate of drug-likeness (QED) is 0.510. The second-order valence-corrected chi connectivity index (χ2v) is 10.4. The molecule has 3 aliphatic rings. The summed E-state index contributed by atoms with van der Waals surface area (Å²) in [5.74, 6) is -0.144. The van der Waals surface area contributed by atoms with E-state index in [-0.39, 0.29) is 36.5 Å². The van der Waals surface area contributed by atoms with Crippen molar-refractivity contribution in [1.29, 1.82) is 0 Å². The fourth-order valence-corrected chi connectivity index (χ4v) is 6.13. The number of nitrogens with one attached hydrogen (secondary N) is 2. The molecule has 5 rings (SSSR count). The van der Waals surface area contributed by atoms with E-state index in [1.54, 1.807) is 11.8 Å². The number of fused-ring (bicyclic) bond motifs is 4. The predicted molar refractivity (Wildman–Crippen MR) is 136 cm³/mol. The van der Waals surface area contributed by atoms with E-state index in [0.29, 0.717) is 19.4 Å². The summed E-state index contributed by atoms with van der Waals surface area (Å²) < 4.78 is 5.82. The Morgan fingerprint density at radius 3 is 2.94 bits per heavy atom. The Morgan fingerprint density at radius 2 is 2.09 bits per heavy atom. The number of aryl methyl sites for hydroxylation is 1. The first-order chi connectivity index (χ1) is 17.0. The largest absolute Gasteiger partial charge is 0.389 e. The van der Waals surface area contributed by atoms with Gasteiger partial charge in [0.25, 0.3) is 0 Å². The first kappa shape index (κ1) is 24.2. The van der Waals surface area contributed by atoms with Crippen LogP contribution in [0.1, 0.15) is 54.5 Å². The molecule has 2 saturated heterocycles. The highest BCUT2D eigenvalue weighted by Crippen LogP contribution is 2.40. The van der Waals surface area contributed by atoms with Gasteiger partial charge in [0.05, 0.1) is 37.4 Å². The maximum atomic E-state index is 13.0. The van der Waals surface area contributed by atoms with Crippen LogP contribution in [0.25, 0.3) is 0 Å². The van der Waals surface area contributed by atoms with Crippen molar-refractivity contribution in [2.24, 2.45) is 0 Å². The lowest BCUT2D eigenvalue weighted by molar-refractivity contribution is -0.133. The topological polar surface area (TPSA) is 90.9 Å². The number of nitrogens with zero attached hydrogens (tertiary/aromatic N) is 1. The molecular weight excluding hydrogens is 462 g/mol. The molecule has 3 heterocycles. The Morgan fingerprint density at radius 1 is 1.23 bits per heavy atom. The minimum atomic E-state index is -0.485. The van der Waals surface area contributed by atoms with Crippen LogP contribution in [0.15, 0.2) is 47.4 Å². The third-order valence-electron chi connectivity index (χ3n) is 7.35. The van der Waals surface area contributed by atoms with E-state index in [1.165, 1.54) is 10.5 Å². The summed E-state index contributed by atoms with van der Waals surface area (Å²) >= 11 is 1.70. The average Bonchev–Trinajstić information content (AvgIpc) is 3.38. The normalized spacial score (nSPS) is 25.0. The van der Waals surface area contributed by atoms with Crippen LogP contribution in [0.3, 0.4) is 0 Å². The number of aliphatic hydroxyl groups excluding tert-OH is 1. The summed E-state index contributed by atoms with van der Waals surface area (Å²) in [6.07, 6.45) is 5.16. The molecule has 0 spiro atoms. The van der Waals surface area contributed by atoms with Crippen LogP contribution in [0, 0.1) is 0 Å². The SMILES string of the molecule is CSc1ccccc1[C@H]1CCCN1C(=O)CNC(=O)CCc1ccc2c(c1)[C@H]1C[C@@H](N2)[C@H](O)CO1. The van der Waals surface area contributed by atoms with Crippen molar-refractivity contribution in [1.82, 2.24) is 10.2 Å². The number of ether oxygens (including phenoxy) is 1. The molecule has 0 aliphatic carbocycles. The number of aliphatic hydroxyl groups is 1. The van der Waals surface area contributed by atoms with Crippen LogP contribution in [0.2, 0.25) is 0 Å². The zero-order chi connectivity index (χ0) is 24.4. The highest BCUT2D eigenvalue weighted by molar-refractivity contribution is 7.98. The molecular formula is C27H33N3O4S. The van der Waals surface area contributed by atoms with Crippen LogP contribution in [-0.2, 0) is 20.7 Å². The van der Waals surface area contributed by atoms with Crippen LogP contribution >= 0.6 is 11.8 Å². The molecule has 0 radical (unpaired) electrons. The maximum Gasteiger partial charge on any atom is 0.242 e. The number of benzene rings is 2. The molecule has 186 valence electrons. The zero-order valence-corrected chi connectivity index (χ0v) is 20.9. The van der Waals surface area contributed by atoms with Crippen molar-refractivity contribution in [2.75, 3.05) is 31.3 Å². The molecule has 0 saturated carbocycles. The van der Waals surface area contributed by atoms with Crippen LogP contribution in [0.4, 0.5) is 5.69 Å². The Hall–Kier alpha value is -2.55. The van der Waals surface area contributed by atoms with Gasteiger partial charge in [-0.25, -0.2) is 0 Å². The Kier molecular flexibility index (Phi) is 7.32. The van der Waals surface area contributed by atoms with Gasteiger partial charge in [0.2, 0.25) is 11.8 Å². The number of carbonyl (C=O) groups is 2. The molecule has 2 amide bonds. The van der Waals surface area contributed by atoms with Crippen molar-refractivity contribution >= 4 is 29.3 Å². The minimum Gasteiger partial charge on any atom is -0.389 e. The number of likely N-dealkylation sites (tertiary alicyclic amines) is 1. The van der Waals surface area contributed by atoms with E-state index >= 15 is 0 Å². The maximum absolute atomic E-state index is 13.0. The van der Waals surface area contributed by atoms with Gasteiger partial charge >= 0.3 is 0 Å². The fraction of sp³-hybridized carbons (Fsp3) is 0.481. The first-order valence-corrected chi connectivity index (χ1v) is 13.6. The van der Waals surface area contributed by atoms with Crippen molar-refractivity contribution in [3.8, 4) is 0 Å². The molecule has 3 N–H and O–H groups in total. The molecule has 4 atom stereocenters. The van der Waals surface area contributed by atoms with Gasteiger partial charge in [-0.1, -0.05) is 30.3 Å². The van der Waals surface area contributed by atoms with Crippen LogP contribution < -0.4 is 10.6 Å². The number of hydrogen-bond acceptors (Lipinski definition) is 6. The van der Waals surface area contributed by atoms with Crippen molar-refractivity contribution in [2.45, 2.75) is 61.3 Å². The fourth-order valence-electron chi connectivity index (χ4n) is 5.48. The summed E-state index contributed by atoms with van der Waals surface area (Å²) in [5, 5.41) is 16.3. The number of amides is 2. The van der Waals surface area contributed by atoms with E-state index in [0.717, 1.165) is 42.6 Å². The van der Waals surface area contributed by atoms with E-state index in [1.807, 2.05) is 29.2 Å². The van der Waals surface area contributed by atoms with E-state index < -0.39 is 6.10 Å². The molecule has 8 heteroatoms. The minimum absolute atomic E-state index is 0.0179. The zero-order valence-electron chi connectivity index (χ0n) is 20.0. The molecule has 2 bridgehead atoms. The summed E-state index contributed by atoms with van der Waals surface area (Å²) in [5.41, 5.74) is 4.34. The van der Waals surface area contributed by atoms with Gasteiger partial charge in [-0.2, -0.15) is 0 Å². The summed E-state index contributed by atoms with van der Waals surface area (Å²) in [6, 6.07) is 14.5. The summed E-state index contributed by atoms with van der Waals surface area (Å²) in [6.45, 7) is 1.10. The van der Waals surface area contributed by atoms with Gasteiger partial charge < -0.3 is 25.4 Å². The lowest BCUT2D eigenvalue weighted by Gasteiger charge is -2.40. The van der Waals surface area contributed by atoms with Gasteiger partial charge in [0, 0.05) is 35.5 Å². The number of rotatable bonds is 7. The van der Waals surface area contributed by atoms with E-state index in [9.17, 15) is 14.7 Å². The van der Waals surface area contributed by atoms with Gasteiger partial charge in [0.1, 0.15) is 0 Å². The molecule has 7 nitrogen and oxygen atoms in total. The van der Waals surface area contributed by atoms with E-state index in [4.69, 9.17) is 4.74 Å². The molecule has 2 aromatic rings. The smallest absolute Gasteiger partial charge is 0.242 e. The predicted octanol–water partition coefficient (Wildman–Crippen LogP) is 3.44. The first-order valence-electron chi connectivity index (χ1n) is 12.4. The third kappa shape index (κ3) is 5.20. The average molecular weight is 496 g/mol. The van der Waals surface area contributed by atoms with Gasteiger partial charge in [-0.3, -0.25) is 9.59 Å². The second-order valence-electron chi connectivity index (χ2n) is 9.56. The standard InChI is InChI=1S/C27H33N3O4S/c1-35-25-7-3-2-5-18(25)22-6-4-12-30(22)27(33)15-28-26(32)11-9-17-8-10-20-19(13-17)24-14-21(29-20)23(31)16-34-24/h2-3,5,7-8,10,13,21-24,29,31H,4,6,9,11-12,14-16H2,1H3,(H,28,32)/t21-,22-,23-,24-/m1/s1. The monoisotopic (exact) mass is 495 g/mol. The molecule has 2 fully saturated rings. The third-order valence-corrected chi connectivity index (χ3v) is 8.16. The summed E-state index contributed by atoms with van der Waals surface area (Å²) in [7, 11) is 0. The van der Waals surface area contributed by atoms with Crippen LogP contribution in [-0.4, -0.2) is 59.9 Å². The lowest BCUT2D eigenvalue weighted by atomic mass is 9.88. The molecule has 0 unspecified atom stereocenters. The lowest BCUT2D eigenvalue weighted by Crippen LogP contribution is -2.45. The highest BCUT2D eigenvalue weighted by Gasteiger charge is 2.36. The summed E-state index contributed by atoms with van der Waals surface area (Å²) in [4.78, 5) is 28.6. The Balaban J connectivity index is 1.14. The second kappa shape index (κ2) is 10.6. The number of thioether (sulfide) groups is 1.